The average molecular weight is 380 g/mol. The summed E-state index contributed by atoms with van der Waals surface area (Å²) in [4.78, 5) is 22.5. The van der Waals surface area contributed by atoms with Gasteiger partial charge in [-0.1, -0.05) is 47.5 Å². The van der Waals surface area contributed by atoms with E-state index in [9.17, 15) is 14.7 Å². The van der Waals surface area contributed by atoms with Crippen LogP contribution in [0.1, 0.15) is 23.3 Å². The van der Waals surface area contributed by atoms with Crippen LogP contribution in [0.5, 0.6) is 0 Å². The second-order valence-corrected chi connectivity index (χ2v) is 6.08. The monoisotopic (exact) mass is 379 g/mol. The van der Waals surface area contributed by atoms with E-state index < -0.39 is 24.0 Å². The number of hydrogen-bond donors (Lipinski definition) is 3. The molecule has 0 bridgehead atoms. The fourth-order valence-electron chi connectivity index (χ4n) is 2.25. The van der Waals surface area contributed by atoms with Crippen LogP contribution in [0.3, 0.4) is 0 Å². The highest BCUT2D eigenvalue weighted by atomic mass is 35.5. The maximum atomic E-state index is 12.0. The Morgan fingerprint density at radius 1 is 0.960 bits per heavy atom. The van der Waals surface area contributed by atoms with Gasteiger partial charge in [0.15, 0.2) is 0 Å². The minimum Gasteiger partial charge on any atom is -0.478 e. The summed E-state index contributed by atoms with van der Waals surface area (Å²) in [6, 6.07) is 12.4. The van der Waals surface area contributed by atoms with Gasteiger partial charge in [0.2, 0.25) is 5.91 Å². The Kier molecular flexibility index (Phi) is 6.58. The third-order valence-electron chi connectivity index (χ3n) is 3.41. The van der Waals surface area contributed by atoms with Gasteiger partial charge in [-0.15, -0.1) is 0 Å². The van der Waals surface area contributed by atoms with Crippen LogP contribution in [0.4, 0.5) is 0 Å². The van der Waals surface area contributed by atoms with Crippen molar-refractivity contribution in [3.05, 3.63) is 81.9 Å². The molecule has 0 saturated heterocycles. The van der Waals surface area contributed by atoms with Crippen molar-refractivity contribution in [2.24, 2.45) is 0 Å². The summed E-state index contributed by atoms with van der Waals surface area (Å²) >= 11 is 11.8. The number of benzene rings is 2. The number of rotatable bonds is 6. The molecule has 0 unspecified atom stereocenters. The van der Waals surface area contributed by atoms with Crippen LogP contribution in [0.25, 0.3) is 0 Å². The maximum Gasteiger partial charge on any atom is 0.328 e. The molecule has 0 fully saturated rings. The summed E-state index contributed by atoms with van der Waals surface area (Å²) < 4.78 is 0. The lowest BCUT2D eigenvalue weighted by molar-refractivity contribution is -0.131. The van der Waals surface area contributed by atoms with Crippen molar-refractivity contribution in [2.45, 2.75) is 12.1 Å². The molecule has 0 heterocycles. The molecule has 25 heavy (non-hydrogen) atoms. The van der Waals surface area contributed by atoms with Crippen LogP contribution in [-0.4, -0.2) is 22.1 Å². The van der Waals surface area contributed by atoms with Gasteiger partial charge in [0, 0.05) is 22.2 Å². The molecule has 1 amide bonds. The van der Waals surface area contributed by atoms with Gasteiger partial charge in [-0.3, -0.25) is 4.79 Å². The van der Waals surface area contributed by atoms with Gasteiger partial charge in [-0.25, -0.2) is 4.79 Å². The number of hydrogen-bond acceptors (Lipinski definition) is 3. The molecule has 2 atom stereocenters. The predicted octanol–water partition coefficient (Wildman–Crippen LogP) is 3.53. The molecule has 0 spiro atoms. The molecular weight excluding hydrogens is 365 g/mol. The van der Waals surface area contributed by atoms with Crippen LogP contribution >= 0.6 is 23.2 Å². The smallest absolute Gasteiger partial charge is 0.328 e. The summed E-state index contributed by atoms with van der Waals surface area (Å²) in [5.74, 6) is -1.89. The number of carboxylic acid groups (broad SMARTS) is 1. The van der Waals surface area contributed by atoms with E-state index >= 15 is 0 Å². The van der Waals surface area contributed by atoms with E-state index in [0.717, 1.165) is 12.2 Å². The van der Waals surface area contributed by atoms with Gasteiger partial charge >= 0.3 is 5.97 Å². The lowest BCUT2D eigenvalue weighted by atomic mass is 9.95. The minimum absolute atomic E-state index is 0.448. The number of aliphatic hydroxyl groups excluding tert-OH is 1. The molecule has 0 aliphatic rings. The molecule has 130 valence electrons. The Morgan fingerprint density at radius 3 is 2.24 bits per heavy atom. The molecule has 3 N–H and O–H groups in total. The maximum absolute atomic E-state index is 12.0. The number of halogens is 2. The zero-order valence-electron chi connectivity index (χ0n) is 12.9. The molecule has 5 nitrogen and oxygen atoms in total. The molecule has 0 radical (unpaired) electrons. The van der Waals surface area contributed by atoms with E-state index in [-0.39, 0.29) is 0 Å². The minimum atomic E-state index is -1.24. The first-order valence-corrected chi connectivity index (χ1v) is 8.03. The van der Waals surface area contributed by atoms with Crippen molar-refractivity contribution in [1.29, 1.82) is 0 Å². The number of nitrogens with one attached hydrogen (secondary N) is 1. The average Bonchev–Trinajstić information content (AvgIpc) is 2.58. The third-order valence-corrected chi connectivity index (χ3v) is 3.90. The summed E-state index contributed by atoms with van der Waals surface area (Å²) in [5, 5.41) is 22.9. The Hall–Kier alpha value is -2.34. The number of aliphatic hydroxyl groups is 1. The van der Waals surface area contributed by atoms with Gasteiger partial charge in [-0.05, 0) is 35.4 Å². The molecule has 0 aromatic heterocycles. The first kappa shape index (κ1) is 19.0. The van der Waals surface area contributed by atoms with Crippen LogP contribution in [0.2, 0.25) is 10.0 Å². The fourth-order valence-corrected chi connectivity index (χ4v) is 2.57. The molecule has 0 aliphatic carbocycles. The van der Waals surface area contributed by atoms with Crippen molar-refractivity contribution in [3.8, 4) is 0 Å². The third kappa shape index (κ3) is 5.60. The molecule has 0 saturated carbocycles. The second-order valence-electron chi connectivity index (χ2n) is 5.21. The van der Waals surface area contributed by atoms with Gasteiger partial charge in [0.1, 0.15) is 6.10 Å². The summed E-state index contributed by atoms with van der Waals surface area (Å²) in [7, 11) is 0. The van der Waals surface area contributed by atoms with E-state index in [0.29, 0.717) is 21.2 Å². The van der Waals surface area contributed by atoms with Gasteiger partial charge < -0.3 is 15.5 Å². The van der Waals surface area contributed by atoms with Crippen molar-refractivity contribution >= 4 is 35.1 Å². The van der Waals surface area contributed by atoms with Crippen molar-refractivity contribution in [1.82, 2.24) is 5.32 Å². The highest BCUT2D eigenvalue weighted by Gasteiger charge is 2.24. The number of aliphatic carboxylic acids is 1. The summed E-state index contributed by atoms with van der Waals surface area (Å²) in [5.41, 5.74) is 1.11. The van der Waals surface area contributed by atoms with Gasteiger partial charge in [-0.2, -0.15) is 0 Å². The Balaban J connectivity index is 2.32. The van der Waals surface area contributed by atoms with E-state index in [2.05, 4.69) is 5.32 Å². The molecule has 7 heteroatoms. The second kappa shape index (κ2) is 8.67. The van der Waals surface area contributed by atoms with Gasteiger partial charge in [0.25, 0.3) is 0 Å². The molecular formula is C18H15Cl2NO4. The number of carboxylic acids is 1. The Morgan fingerprint density at radius 2 is 1.64 bits per heavy atom. The van der Waals surface area contributed by atoms with Gasteiger partial charge in [0.05, 0.1) is 6.04 Å². The lowest BCUT2D eigenvalue weighted by Gasteiger charge is -2.24. The Bertz CT molecular complexity index is 790. The quantitative estimate of drug-likeness (QED) is 0.670. The highest BCUT2D eigenvalue weighted by molar-refractivity contribution is 6.30. The van der Waals surface area contributed by atoms with Crippen molar-refractivity contribution in [2.75, 3.05) is 0 Å². The van der Waals surface area contributed by atoms with E-state index in [1.807, 2.05) is 0 Å². The van der Waals surface area contributed by atoms with E-state index in [1.54, 1.807) is 48.5 Å². The largest absolute Gasteiger partial charge is 0.478 e. The normalized spacial score (nSPS) is 13.4. The predicted molar refractivity (Wildman–Crippen MR) is 95.5 cm³/mol. The molecule has 2 aromatic carbocycles. The van der Waals surface area contributed by atoms with Crippen molar-refractivity contribution < 1.29 is 19.8 Å². The first-order valence-electron chi connectivity index (χ1n) is 7.27. The first-order chi connectivity index (χ1) is 11.9. The van der Waals surface area contributed by atoms with Crippen LogP contribution < -0.4 is 5.32 Å². The molecule has 2 aromatic rings. The van der Waals surface area contributed by atoms with E-state index in [1.165, 1.54) is 0 Å². The van der Waals surface area contributed by atoms with Crippen LogP contribution in [0, 0.1) is 0 Å². The summed E-state index contributed by atoms with van der Waals surface area (Å²) in [6.07, 6.45) is 0.512. The SMILES string of the molecule is O=C(O)C=CC(=O)N[C@H](c1ccc(Cl)cc1)[C@H](O)c1cccc(Cl)c1. The number of carbonyl (C=O) groups is 2. The standard InChI is InChI=1S/C18H15Cl2NO4/c19-13-6-4-11(5-7-13)17(21-15(22)8-9-16(23)24)18(25)12-2-1-3-14(20)10-12/h1-10,17-18,25H,(H,21,22)(H,23,24)/t17-,18-/m1/s1. The highest BCUT2D eigenvalue weighted by Crippen LogP contribution is 2.30. The molecule has 2 rings (SSSR count). The Labute approximate surface area is 154 Å². The number of amides is 1. The lowest BCUT2D eigenvalue weighted by Crippen LogP contribution is -2.31. The molecule has 0 aliphatic heterocycles. The van der Waals surface area contributed by atoms with E-state index in [4.69, 9.17) is 28.3 Å². The zero-order valence-corrected chi connectivity index (χ0v) is 14.4. The summed E-state index contributed by atoms with van der Waals surface area (Å²) in [6.45, 7) is 0. The fraction of sp³-hybridized carbons (Fsp3) is 0.111. The van der Waals surface area contributed by atoms with Crippen molar-refractivity contribution in [3.63, 3.8) is 0 Å². The van der Waals surface area contributed by atoms with Crippen LogP contribution in [0.15, 0.2) is 60.7 Å². The topological polar surface area (TPSA) is 86.6 Å². The zero-order chi connectivity index (χ0) is 18.4. The number of carbonyl (C=O) groups excluding carboxylic acids is 1. The van der Waals surface area contributed by atoms with Crippen LogP contribution in [-0.2, 0) is 9.59 Å².